The highest BCUT2D eigenvalue weighted by molar-refractivity contribution is 5.85. The third kappa shape index (κ3) is 4.70. The van der Waals surface area contributed by atoms with Crippen LogP contribution in [0.1, 0.15) is 12.8 Å². The number of nitrogens with zero attached hydrogens (tertiary/aromatic N) is 3. The van der Waals surface area contributed by atoms with E-state index in [9.17, 15) is 4.79 Å². The Morgan fingerprint density at radius 1 is 1.22 bits per heavy atom. The molecule has 1 aromatic heterocycles. The van der Waals surface area contributed by atoms with Gasteiger partial charge in [-0.15, -0.1) is 24.8 Å². The number of anilines is 1. The highest BCUT2D eigenvalue weighted by atomic mass is 35.5. The van der Waals surface area contributed by atoms with Crippen LogP contribution in [0.3, 0.4) is 0 Å². The first-order valence-electron chi connectivity index (χ1n) is 7.58. The fraction of sp³-hybridized carbons (Fsp3) is 0.600. The number of pyridine rings is 1. The standard InChI is InChI=1S/C15H22N4O2.2ClH/c16-11-12-4-5-13(21-12)15(20)19-9-7-18(8-10-19)14-3-1-2-6-17-14;;/h1-3,6,12-13H,4-5,7-11,16H2;2*1H/t12-,13+;;/m1../s1. The minimum Gasteiger partial charge on any atom is -0.364 e. The quantitative estimate of drug-likeness (QED) is 0.870. The van der Waals surface area contributed by atoms with Crippen LogP contribution in [0.25, 0.3) is 0 Å². The zero-order valence-electron chi connectivity index (χ0n) is 13.0. The summed E-state index contributed by atoms with van der Waals surface area (Å²) < 4.78 is 5.69. The van der Waals surface area contributed by atoms with Gasteiger partial charge in [0.05, 0.1) is 6.10 Å². The Hall–Kier alpha value is -1.08. The van der Waals surface area contributed by atoms with Crippen molar-refractivity contribution >= 4 is 36.5 Å². The highest BCUT2D eigenvalue weighted by Gasteiger charge is 2.34. The van der Waals surface area contributed by atoms with Crippen LogP contribution in [0.2, 0.25) is 0 Å². The smallest absolute Gasteiger partial charge is 0.251 e. The van der Waals surface area contributed by atoms with Crippen molar-refractivity contribution in [1.82, 2.24) is 9.88 Å². The Balaban J connectivity index is 0.00000132. The van der Waals surface area contributed by atoms with Crippen LogP contribution in [-0.4, -0.2) is 60.7 Å². The van der Waals surface area contributed by atoms with Gasteiger partial charge < -0.3 is 20.3 Å². The molecule has 6 nitrogen and oxygen atoms in total. The number of carbonyl (C=O) groups excluding carboxylic acids is 1. The van der Waals surface area contributed by atoms with Crippen molar-refractivity contribution in [1.29, 1.82) is 0 Å². The van der Waals surface area contributed by atoms with Crippen LogP contribution in [0.4, 0.5) is 5.82 Å². The number of amides is 1. The number of ether oxygens (including phenoxy) is 1. The molecule has 0 unspecified atom stereocenters. The second-order valence-electron chi connectivity index (χ2n) is 5.56. The number of hydrogen-bond acceptors (Lipinski definition) is 5. The summed E-state index contributed by atoms with van der Waals surface area (Å²) in [4.78, 5) is 20.9. The molecule has 2 aliphatic heterocycles. The molecule has 0 aliphatic carbocycles. The molecule has 2 N–H and O–H groups in total. The molecule has 0 aromatic carbocycles. The van der Waals surface area contributed by atoms with E-state index in [1.54, 1.807) is 6.20 Å². The van der Waals surface area contributed by atoms with Crippen LogP contribution in [-0.2, 0) is 9.53 Å². The number of rotatable bonds is 3. The maximum absolute atomic E-state index is 12.4. The van der Waals surface area contributed by atoms with Gasteiger partial charge in [0.2, 0.25) is 0 Å². The lowest BCUT2D eigenvalue weighted by atomic mass is 10.1. The van der Waals surface area contributed by atoms with Crippen molar-refractivity contribution in [3.05, 3.63) is 24.4 Å². The molecule has 2 fully saturated rings. The number of piperazine rings is 1. The second-order valence-corrected chi connectivity index (χ2v) is 5.56. The monoisotopic (exact) mass is 362 g/mol. The predicted octanol–water partition coefficient (Wildman–Crippen LogP) is 1.08. The summed E-state index contributed by atoms with van der Waals surface area (Å²) in [5.74, 6) is 1.09. The minimum absolute atomic E-state index is 0. The molecule has 2 saturated heterocycles. The number of carbonyl (C=O) groups is 1. The molecule has 2 aliphatic rings. The van der Waals surface area contributed by atoms with E-state index >= 15 is 0 Å². The molecule has 3 heterocycles. The van der Waals surface area contributed by atoms with Crippen LogP contribution >= 0.6 is 24.8 Å². The third-order valence-corrected chi connectivity index (χ3v) is 4.21. The lowest BCUT2D eigenvalue weighted by molar-refractivity contribution is -0.143. The topological polar surface area (TPSA) is 71.7 Å². The van der Waals surface area contributed by atoms with Crippen molar-refractivity contribution in [2.24, 2.45) is 5.73 Å². The van der Waals surface area contributed by atoms with Crippen molar-refractivity contribution in [2.45, 2.75) is 25.0 Å². The maximum Gasteiger partial charge on any atom is 0.251 e. The summed E-state index contributed by atoms with van der Waals surface area (Å²) >= 11 is 0. The molecule has 1 aromatic rings. The fourth-order valence-corrected chi connectivity index (χ4v) is 2.96. The molecule has 3 rings (SSSR count). The maximum atomic E-state index is 12.4. The second kappa shape index (κ2) is 9.27. The van der Waals surface area contributed by atoms with Crippen LogP contribution < -0.4 is 10.6 Å². The first-order chi connectivity index (χ1) is 10.3. The largest absolute Gasteiger partial charge is 0.364 e. The van der Waals surface area contributed by atoms with E-state index in [0.29, 0.717) is 6.54 Å². The van der Waals surface area contributed by atoms with Gasteiger partial charge in [-0.2, -0.15) is 0 Å². The van der Waals surface area contributed by atoms with E-state index < -0.39 is 0 Å². The van der Waals surface area contributed by atoms with Gasteiger partial charge in [-0.1, -0.05) is 6.07 Å². The van der Waals surface area contributed by atoms with Gasteiger partial charge in [-0.05, 0) is 25.0 Å². The molecule has 0 spiro atoms. The molecule has 0 bridgehead atoms. The minimum atomic E-state index is -0.292. The molecule has 2 atom stereocenters. The highest BCUT2D eigenvalue weighted by Crippen LogP contribution is 2.22. The molecular formula is C15H24Cl2N4O2. The molecule has 1 amide bonds. The first-order valence-corrected chi connectivity index (χ1v) is 7.58. The average Bonchev–Trinajstić information content (AvgIpc) is 3.04. The van der Waals surface area contributed by atoms with Crippen LogP contribution in [0, 0.1) is 0 Å². The van der Waals surface area contributed by atoms with Gasteiger partial charge in [0.25, 0.3) is 5.91 Å². The van der Waals surface area contributed by atoms with Gasteiger partial charge >= 0.3 is 0 Å². The molecule has 0 saturated carbocycles. The van der Waals surface area contributed by atoms with Crippen LogP contribution in [0.15, 0.2) is 24.4 Å². The Bertz CT molecular complexity index is 484. The molecule has 130 valence electrons. The lowest BCUT2D eigenvalue weighted by Gasteiger charge is -2.36. The summed E-state index contributed by atoms with van der Waals surface area (Å²) in [5.41, 5.74) is 5.59. The lowest BCUT2D eigenvalue weighted by Crippen LogP contribution is -2.51. The molecule has 8 heteroatoms. The molecule has 0 radical (unpaired) electrons. The summed E-state index contributed by atoms with van der Waals surface area (Å²) in [7, 11) is 0. The SMILES string of the molecule is Cl.Cl.NC[C@H]1CC[C@@H](C(=O)N2CCN(c3ccccn3)CC2)O1. The van der Waals surface area contributed by atoms with E-state index in [4.69, 9.17) is 10.5 Å². The third-order valence-electron chi connectivity index (χ3n) is 4.21. The Labute approximate surface area is 149 Å². The van der Waals surface area contributed by atoms with E-state index in [2.05, 4.69) is 9.88 Å². The van der Waals surface area contributed by atoms with E-state index in [0.717, 1.165) is 44.8 Å². The normalized spacial score (nSPS) is 23.9. The summed E-state index contributed by atoms with van der Waals surface area (Å²) in [6.45, 7) is 3.58. The van der Waals surface area contributed by atoms with Gasteiger partial charge in [-0.3, -0.25) is 4.79 Å². The number of halogens is 2. The number of hydrogen-bond donors (Lipinski definition) is 1. The summed E-state index contributed by atoms with van der Waals surface area (Å²) in [5, 5.41) is 0. The summed E-state index contributed by atoms with van der Waals surface area (Å²) in [6.07, 6.45) is 3.24. The van der Waals surface area contributed by atoms with Crippen LogP contribution in [0.5, 0.6) is 0 Å². The Kier molecular flexibility index (Phi) is 8.05. The zero-order valence-corrected chi connectivity index (χ0v) is 14.6. The molecule has 23 heavy (non-hydrogen) atoms. The van der Waals surface area contributed by atoms with E-state index in [1.807, 2.05) is 23.1 Å². The van der Waals surface area contributed by atoms with E-state index in [-0.39, 0.29) is 42.9 Å². The van der Waals surface area contributed by atoms with Gasteiger partial charge in [0.15, 0.2) is 0 Å². The van der Waals surface area contributed by atoms with Crippen molar-refractivity contribution < 1.29 is 9.53 Å². The zero-order chi connectivity index (χ0) is 14.7. The Morgan fingerprint density at radius 3 is 2.52 bits per heavy atom. The van der Waals surface area contributed by atoms with Crippen molar-refractivity contribution in [3.8, 4) is 0 Å². The average molecular weight is 363 g/mol. The number of aromatic nitrogens is 1. The van der Waals surface area contributed by atoms with Gasteiger partial charge in [0.1, 0.15) is 11.9 Å². The summed E-state index contributed by atoms with van der Waals surface area (Å²) in [6, 6.07) is 5.90. The Morgan fingerprint density at radius 2 is 1.96 bits per heavy atom. The molecular weight excluding hydrogens is 339 g/mol. The number of nitrogens with two attached hydrogens (primary N) is 1. The van der Waals surface area contributed by atoms with Gasteiger partial charge in [-0.25, -0.2) is 4.98 Å². The van der Waals surface area contributed by atoms with Gasteiger partial charge in [0, 0.05) is 38.9 Å². The fourth-order valence-electron chi connectivity index (χ4n) is 2.96. The van der Waals surface area contributed by atoms with E-state index in [1.165, 1.54) is 0 Å². The first kappa shape index (κ1) is 20.0. The van der Waals surface area contributed by atoms with Crippen molar-refractivity contribution in [2.75, 3.05) is 37.6 Å². The predicted molar refractivity (Wildman–Crippen MR) is 94.5 cm³/mol. The van der Waals surface area contributed by atoms with Crippen molar-refractivity contribution in [3.63, 3.8) is 0 Å².